The molecule has 0 spiro atoms. The van der Waals surface area contributed by atoms with Crippen molar-refractivity contribution in [1.29, 1.82) is 0 Å². The monoisotopic (exact) mass is 164 g/mol. The minimum absolute atomic E-state index is 0.120. The molecular weight excluding hydrogens is 152 g/mol. The van der Waals surface area contributed by atoms with Crippen molar-refractivity contribution in [1.82, 2.24) is 0 Å². The number of hydrogen-bond donors (Lipinski definition) is 0. The van der Waals surface area contributed by atoms with E-state index >= 15 is 0 Å². The molecule has 0 aliphatic rings. The molecule has 0 unspecified atom stereocenters. The highest BCUT2D eigenvalue weighted by Crippen LogP contribution is 2.31. The van der Waals surface area contributed by atoms with Gasteiger partial charge in [-0.25, -0.2) is 0 Å². The molecule has 0 fully saturated rings. The molecule has 0 atom stereocenters. The van der Waals surface area contributed by atoms with Crippen molar-refractivity contribution in [3.63, 3.8) is 0 Å². The highest BCUT2D eigenvalue weighted by Gasteiger charge is 2.21. The van der Waals surface area contributed by atoms with Gasteiger partial charge in [0.15, 0.2) is 0 Å². The molecule has 0 N–H and O–H groups in total. The lowest BCUT2D eigenvalue weighted by molar-refractivity contribution is 0.0572. The molecule has 0 aliphatic heterocycles. The van der Waals surface area contributed by atoms with Crippen LogP contribution in [0.4, 0.5) is 0 Å². The van der Waals surface area contributed by atoms with Gasteiger partial charge in [0.25, 0.3) is 0 Å². The number of benzene rings is 1. The quantitative estimate of drug-likeness (QED) is 0.558. The van der Waals surface area contributed by atoms with E-state index in [1.165, 1.54) is 5.56 Å². The van der Waals surface area contributed by atoms with Crippen LogP contribution in [0.2, 0.25) is 0 Å². The van der Waals surface area contributed by atoms with Crippen LogP contribution in [0.3, 0.4) is 0 Å². The predicted octanol–water partition coefficient (Wildman–Crippen LogP) is 3.32. The normalized spacial score (nSPS) is 12.6. The van der Waals surface area contributed by atoms with Crippen LogP contribution in [0.5, 0.6) is 0 Å². The van der Waals surface area contributed by atoms with Gasteiger partial charge in [-0.05, 0) is 11.5 Å². The minimum Gasteiger partial charge on any atom is -0.286 e. The summed E-state index contributed by atoms with van der Waals surface area (Å²) in [5.74, 6) is 0. The molecule has 0 amide bonds. The largest absolute Gasteiger partial charge is 0.286 e. The van der Waals surface area contributed by atoms with Gasteiger partial charge >= 0.3 is 0 Å². The van der Waals surface area contributed by atoms with E-state index in [4.69, 9.17) is 9.15 Å². The van der Waals surface area contributed by atoms with E-state index in [9.17, 15) is 0 Å². The zero-order valence-corrected chi connectivity index (χ0v) is 7.55. The second kappa shape index (κ2) is 2.16. The van der Waals surface area contributed by atoms with Crippen molar-refractivity contribution in [2.24, 2.45) is 0 Å². The van der Waals surface area contributed by atoms with Gasteiger partial charge in [0, 0.05) is 5.56 Å². The van der Waals surface area contributed by atoms with Crippen LogP contribution in [0.15, 0.2) is 27.4 Å². The topological polar surface area (TPSA) is 26.3 Å². The summed E-state index contributed by atoms with van der Waals surface area (Å²) in [4.78, 5) is 0. The van der Waals surface area contributed by atoms with E-state index in [-0.39, 0.29) is 5.41 Å². The summed E-state index contributed by atoms with van der Waals surface area (Å²) in [5.41, 5.74) is 3.06. The molecule has 2 heteroatoms. The van der Waals surface area contributed by atoms with Crippen LogP contribution in [-0.2, 0) is 5.41 Å². The third kappa shape index (κ3) is 0.951. The maximum atomic E-state index is 4.93. The smallest absolute Gasteiger partial charge is 0.229 e. The minimum atomic E-state index is 0.120. The number of para-hydroxylation sites is 1. The molecule has 0 saturated heterocycles. The lowest BCUT2D eigenvalue weighted by Crippen LogP contribution is -2.11. The summed E-state index contributed by atoms with van der Waals surface area (Å²) >= 11 is 0. The van der Waals surface area contributed by atoms with Gasteiger partial charge in [0.1, 0.15) is 0 Å². The Hall–Kier alpha value is -1.18. The Morgan fingerprint density at radius 2 is 1.83 bits per heavy atom. The third-order valence-corrected chi connectivity index (χ3v) is 2.00. The molecule has 12 heavy (non-hydrogen) atoms. The van der Waals surface area contributed by atoms with Crippen molar-refractivity contribution >= 4 is 11.2 Å². The van der Waals surface area contributed by atoms with Crippen molar-refractivity contribution in [3.05, 3.63) is 23.8 Å². The summed E-state index contributed by atoms with van der Waals surface area (Å²) in [5, 5.41) is 0. The van der Waals surface area contributed by atoms with Crippen LogP contribution in [0.25, 0.3) is 11.2 Å². The number of hydrogen-bond acceptors (Lipinski definition) is 2. The van der Waals surface area contributed by atoms with E-state index in [0.717, 1.165) is 11.2 Å². The number of rotatable bonds is 0. The van der Waals surface area contributed by atoms with Gasteiger partial charge in [-0.1, -0.05) is 32.9 Å². The van der Waals surface area contributed by atoms with Gasteiger partial charge in [0.2, 0.25) is 11.2 Å². The Morgan fingerprint density at radius 1 is 1.08 bits per heavy atom. The van der Waals surface area contributed by atoms with Crippen molar-refractivity contribution in [2.75, 3.05) is 0 Å². The van der Waals surface area contributed by atoms with Gasteiger partial charge in [-0.2, -0.15) is 0 Å². The summed E-state index contributed by atoms with van der Waals surface area (Å²) in [6.07, 6.45) is 0. The second-order valence-corrected chi connectivity index (χ2v) is 4.05. The molecule has 0 saturated carbocycles. The van der Waals surface area contributed by atoms with Crippen molar-refractivity contribution in [2.45, 2.75) is 26.2 Å². The molecule has 0 bridgehead atoms. The second-order valence-electron chi connectivity index (χ2n) is 4.05. The lowest BCUT2D eigenvalue weighted by atomic mass is 9.86. The SMILES string of the molecule is CC(C)(C)c1cccc2ooc12. The fraction of sp³-hybridized carbons (Fsp3) is 0.400. The molecule has 1 heterocycles. The predicted molar refractivity (Wildman–Crippen MR) is 47.2 cm³/mol. The molecular formula is C10H12O2. The van der Waals surface area contributed by atoms with Crippen molar-refractivity contribution in [3.8, 4) is 0 Å². The van der Waals surface area contributed by atoms with Gasteiger partial charge < -0.3 is 0 Å². The van der Waals surface area contributed by atoms with Gasteiger partial charge in [0.05, 0.1) is 0 Å². The third-order valence-electron chi connectivity index (χ3n) is 2.00. The zero-order valence-electron chi connectivity index (χ0n) is 7.55. The van der Waals surface area contributed by atoms with Gasteiger partial charge in [-0.15, -0.1) is 0 Å². The van der Waals surface area contributed by atoms with E-state index in [1.54, 1.807) is 0 Å². The average Bonchev–Trinajstić information content (AvgIpc) is 1.88. The fourth-order valence-electron chi connectivity index (χ4n) is 1.31. The first kappa shape index (κ1) is 7.47. The van der Waals surface area contributed by atoms with Gasteiger partial charge in [-0.3, -0.25) is 9.15 Å². The molecule has 2 nitrogen and oxygen atoms in total. The van der Waals surface area contributed by atoms with Crippen LogP contribution in [-0.4, -0.2) is 0 Å². The first-order valence-corrected chi connectivity index (χ1v) is 4.07. The summed E-state index contributed by atoms with van der Waals surface area (Å²) in [7, 11) is 0. The molecule has 2 aromatic rings. The van der Waals surface area contributed by atoms with E-state index in [0.29, 0.717) is 0 Å². The van der Waals surface area contributed by atoms with E-state index in [2.05, 4.69) is 26.8 Å². The molecule has 0 radical (unpaired) electrons. The Bertz CT molecular complexity index is 387. The highest BCUT2D eigenvalue weighted by atomic mass is 17.0. The van der Waals surface area contributed by atoms with E-state index in [1.807, 2.05) is 12.1 Å². The Morgan fingerprint density at radius 3 is 2.25 bits per heavy atom. The number of fused-ring (bicyclic) bond motifs is 1. The molecule has 2 rings (SSSR count). The Kier molecular flexibility index (Phi) is 1.34. The van der Waals surface area contributed by atoms with Crippen molar-refractivity contribution < 1.29 is 9.15 Å². The van der Waals surface area contributed by atoms with Crippen LogP contribution in [0.1, 0.15) is 26.3 Å². The van der Waals surface area contributed by atoms with Crippen LogP contribution < -0.4 is 0 Å². The van der Waals surface area contributed by atoms with Crippen LogP contribution >= 0.6 is 0 Å². The summed E-state index contributed by atoms with van der Waals surface area (Å²) in [6, 6.07) is 5.97. The Balaban J connectivity index is 2.64. The first-order valence-electron chi connectivity index (χ1n) is 4.07. The van der Waals surface area contributed by atoms with Crippen LogP contribution in [0, 0.1) is 0 Å². The first-order chi connectivity index (χ1) is 5.59. The lowest BCUT2D eigenvalue weighted by Gasteiger charge is -2.19. The maximum Gasteiger partial charge on any atom is 0.229 e. The standard InChI is InChI=1S/C10H12O2/c1-10(2,3)7-5-4-6-8-9(7)12-11-8/h4-6H,1-3H3. The average molecular weight is 164 g/mol. The fourth-order valence-corrected chi connectivity index (χ4v) is 1.31. The highest BCUT2D eigenvalue weighted by molar-refractivity contribution is 5.75. The Labute approximate surface area is 71.1 Å². The summed E-state index contributed by atoms with van der Waals surface area (Å²) in [6.45, 7) is 6.47. The molecule has 0 aliphatic carbocycles. The maximum absolute atomic E-state index is 4.93. The molecule has 1 aromatic carbocycles. The zero-order chi connectivity index (χ0) is 8.77. The summed E-state index contributed by atoms with van der Waals surface area (Å²) < 4.78 is 9.75. The molecule has 64 valence electrons. The van der Waals surface area contributed by atoms with E-state index < -0.39 is 0 Å². The molecule has 1 aromatic heterocycles.